The van der Waals surface area contributed by atoms with Gasteiger partial charge in [0.1, 0.15) is 11.5 Å². The quantitative estimate of drug-likeness (QED) is 0.627. The van der Waals surface area contributed by atoms with Gasteiger partial charge in [-0.1, -0.05) is 0 Å². The molecular weight excluding hydrogens is 409 g/mol. The molecule has 0 radical (unpaired) electrons. The van der Waals surface area contributed by atoms with Crippen LogP contribution in [0.5, 0.6) is 0 Å². The second-order valence-corrected chi connectivity index (χ2v) is 8.27. The largest absolute Gasteiger partial charge is 0.355 e. The maximum atomic E-state index is 13.2. The van der Waals surface area contributed by atoms with Crippen LogP contribution in [0.3, 0.4) is 0 Å². The molecule has 0 atom stereocenters. The summed E-state index contributed by atoms with van der Waals surface area (Å²) in [6.07, 6.45) is 2.42. The van der Waals surface area contributed by atoms with Crippen molar-refractivity contribution in [1.29, 1.82) is 0 Å². The van der Waals surface area contributed by atoms with Crippen LogP contribution in [-0.4, -0.2) is 70.1 Å². The van der Waals surface area contributed by atoms with E-state index in [0.717, 1.165) is 30.3 Å². The molecule has 0 spiro atoms. The van der Waals surface area contributed by atoms with Crippen molar-refractivity contribution in [2.24, 2.45) is 7.05 Å². The Kier molecular flexibility index (Phi) is 5.46. The number of carbonyl (C=O) groups is 1. The van der Waals surface area contributed by atoms with Gasteiger partial charge in [-0.25, -0.2) is 4.39 Å². The zero-order valence-corrected chi connectivity index (χ0v) is 18.1. The average molecular weight is 436 g/mol. The number of nitrogens with zero attached hydrogens (tertiary/aromatic N) is 7. The van der Waals surface area contributed by atoms with Crippen LogP contribution >= 0.6 is 0 Å². The molecule has 0 bridgehead atoms. The monoisotopic (exact) mass is 435 g/mol. The minimum atomic E-state index is -0.297. The van der Waals surface area contributed by atoms with Crippen molar-refractivity contribution in [3.63, 3.8) is 0 Å². The third kappa shape index (κ3) is 4.02. The Hall–Kier alpha value is -3.49. The van der Waals surface area contributed by atoms with Crippen molar-refractivity contribution in [3.8, 4) is 11.3 Å². The summed E-state index contributed by atoms with van der Waals surface area (Å²) in [4.78, 5) is 19.4. The molecule has 0 aliphatic carbocycles. The first-order valence-electron chi connectivity index (χ1n) is 11.0. The maximum absolute atomic E-state index is 13.2. The highest BCUT2D eigenvalue weighted by atomic mass is 19.1. The van der Waals surface area contributed by atoms with Gasteiger partial charge in [0.2, 0.25) is 0 Å². The third-order valence-corrected chi connectivity index (χ3v) is 6.20. The van der Waals surface area contributed by atoms with Gasteiger partial charge in [0.25, 0.3) is 5.91 Å². The van der Waals surface area contributed by atoms with Crippen molar-refractivity contribution in [1.82, 2.24) is 24.9 Å². The lowest BCUT2D eigenvalue weighted by Crippen LogP contribution is -2.49. The Morgan fingerprint density at radius 2 is 1.44 bits per heavy atom. The first-order chi connectivity index (χ1) is 15.6. The Balaban J connectivity index is 1.22. The normalized spacial score (nSPS) is 16.6. The van der Waals surface area contributed by atoms with Gasteiger partial charge in [0.05, 0.1) is 5.69 Å². The van der Waals surface area contributed by atoms with Gasteiger partial charge in [-0.05, 0) is 55.3 Å². The van der Waals surface area contributed by atoms with Gasteiger partial charge in [-0.2, -0.15) is 5.10 Å². The second kappa shape index (κ2) is 8.57. The number of anilines is 2. The van der Waals surface area contributed by atoms with E-state index in [1.807, 2.05) is 17.0 Å². The standard InChI is InChI=1S/C23H26FN7O/c1-28-20(16-19(27-28)17-4-6-18(24)7-5-17)23(32)31-14-12-30(13-15-31)22-9-8-21(25-26-22)29-10-2-3-11-29/h4-9,16H,2-3,10-15H2,1H3. The molecule has 3 aromatic rings. The summed E-state index contributed by atoms with van der Waals surface area (Å²) in [7, 11) is 1.76. The highest BCUT2D eigenvalue weighted by molar-refractivity contribution is 5.94. The fourth-order valence-electron chi connectivity index (χ4n) is 4.33. The van der Waals surface area contributed by atoms with E-state index >= 15 is 0 Å². The van der Waals surface area contributed by atoms with Crippen LogP contribution in [0.2, 0.25) is 0 Å². The first-order valence-corrected chi connectivity index (χ1v) is 11.0. The minimum absolute atomic E-state index is 0.0523. The van der Waals surface area contributed by atoms with E-state index in [9.17, 15) is 9.18 Å². The molecule has 4 heterocycles. The molecule has 2 fully saturated rings. The van der Waals surface area contributed by atoms with Gasteiger partial charge in [0, 0.05) is 51.9 Å². The lowest BCUT2D eigenvalue weighted by Gasteiger charge is -2.35. The Labute approximate surface area is 186 Å². The van der Waals surface area contributed by atoms with E-state index < -0.39 is 0 Å². The number of rotatable bonds is 4. The fraction of sp³-hybridized carbons (Fsp3) is 0.391. The maximum Gasteiger partial charge on any atom is 0.272 e. The lowest BCUT2D eigenvalue weighted by atomic mass is 10.1. The summed E-state index contributed by atoms with van der Waals surface area (Å²) in [5, 5.41) is 13.3. The van der Waals surface area contributed by atoms with Crippen LogP contribution in [0.25, 0.3) is 11.3 Å². The van der Waals surface area contributed by atoms with Crippen LogP contribution in [-0.2, 0) is 7.05 Å². The SMILES string of the molecule is Cn1nc(-c2ccc(F)cc2)cc1C(=O)N1CCN(c2ccc(N3CCCC3)nn2)CC1. The number of hydrogen-bond acceptors (Lipinski definition) is 6. The molecule has 2 saturated heterocycles. The molecule has 0 N–H and O–H groups in total. The Morgan fingerprint density at radius 1 is 0.844 bits per heavy atom. The minimum Gasteiger partial charge on any atom is -0.355 e. The lowest BCUT2D eigenvalue weighted by molar-refractivity contribution is 0.0735. The number of halogens is 1. The molecule has 0 unspecified atom stereocenters. The van der Waals surface area contributed by atoms with Crippen LogP contribution in [0.15, 0.2) is 42.5 Å². The van der Waals surface area contributed by atoms with Gasteiger partial charge >= 0.3 is 0 Å². The molecule has 9 heteroatoms. The number of benzene rings is 1. The predicted octanol–water partition coefficient (Wildman–Crippen LogP) is 2.58. The number of aromatic nitrogens is 4. The molecule has 2 aliphatic heterocycles. The molecule has 1 aromatic carbocycles. The molecule has 32 heavy (non-hydrogen) atoms. The molecule has 8 nitrogen and oxygen atoms in total. The van der Waals surface area contributed by atoms with E-state index in [2.05, 4.69) is 25.1 Å². The van der Waals surface area contributed by atoms with E-state index in [1.165, 1.54) is 25.0 Å². The zero-order valence-electron chi connectivity index (χ0n) is 18.1. The first kappa shape index (κ1) is 20.4. The number of amides is 1. The number of carbonyl (C=O) groups excluding carboxylic acids is 1. The van der Waals surface area contributed by atoms with Crippen molar-refractivity contribution < 1.29 is 9.18 Å². The molecule has 0 saturated carbocycles. The molecule has 166 valence electrons. The smallest absolute Gasteiger partial charge is 0.272 e. The fourth-order valence-corrected chi connectivity index (χ4v) is 4.33. The molecule has 2 aliphatic rings. The number of aryl methyl sites for hydroxylation is 1. The van der Waals surface area contributed by atoms with Gasteiger partial charge in [-0.3, -0.25) is 9.48 Å². The average Bonchev–Trinajstić information content (AvgIpc) is 3.50. The highest BCUT2D eigenvalue weighted by Gasteiger charge is 2.26. The summed E-state index contributed by atoms with van der Waals surface area (Å²) in [5.41, 5.74) is 1.96. The molecule has 5 rings (SSSR count). The van der Waals surface area contributed by atoms with Gasteiger partial charge < -0.3 is 14.7 Å². The van der Waals surface area contributed by atoms with Gasteiger partial charge in [-0.15, -0.1) is 10.2 Å². The van der Waals surface area contributed by atoms with Crippen molar-refractivity contribution in [2.45, 2.75) is 12.8 Å². The molecule has 2 aromatic heterocycles. The van der Waals surface area contributed by atoms with E-state index in [-0.39, 0.29) is 11.7 Å². The third-order valence-electron chi connectivity index (χ3n) is 6.20. The van der Waals surface area contributed by atoms with E-state index in [1.54, 1.807) is 29.9 Å². The van der Waals surface area contributed by atoms with Crippen LogP contribution in [0.1, 0.15) is 23.3 Å². The summed E-state index contributed by atoms with van der Waals surface area (Å²) in [6, 6.07) is 12.0. The highest BCUT2D eigenvalue weighted by Crippen LogP contribution is 2.22. The second-order valence-electron chi connectivity index (χ2n) is 8.27. The molecular formula is C23H26FN7O. The summed E-state index contributed by atoms with van der Waals surface area (Å²) in [6.45, 7) is 4.70. The van der Waals surface area contributed by atoms with Crippen molar-refractivity contribution in [2.75, 3.05) is 49.1 Å². The van der Waals surface area contributed by atoms with Gasteiger partial charge in [0.15, 0.2) is 11.6 Å². The van der Waals surface area contributed by atoms with Crippen molar-refractivity contribution in [3.05, 3.63) is 54.0 Å². The number of hydrogen-bond donors (Lipinski definition) is 0. The topological polar surface area (TPSA) is 70.4 Å². The van der Waals surface area contributed by atoms with Crippen LogP contribution in [0, 0.1) is 5.82 Å². The van der Waals surface area contributed by atoms with E-state index in [0.29, 0.717) is 37.6 Å². The number of piperazine rings is 1. The van der Waals surface area contributed by atoms with Crippen LogP contribution < -0.4 is 9.80 Å². The van der Waals surface area contributed by atoms with E-state index in [4.69, 9.17) is 0 Å². The summed E-state index contributed by atoms with van der Waals surface area (Å²) < 4.78 is 14.8. The zero-order chi connectivity index (χ0) is 22.1. The molecule has 1 amide bonds. The van der Waals surface area contributed by atoms with Crippen LogP contribution in [0.4, 0.5) is 16.0 Å². The van der Waals surface area contributed by atoms with Crippen molar-refractivity contribution >= 4 is 17.5 Å². The Bertz CT molecular complexity index is 1080. The predicted molar refractivity (Wildman–Crippen MR) is 120 cm³/mol. The Morgan fingerprint density at radius 3 is 2.03 bits per heavy atom. The summed E-state index contributed by atoms with van der Waals surface area (Å²) >= 11 is 0. The summed E-state index contributed by atoms with van der Waals surface area (Å²) in [5.74, 6) is 1.44.